The lowest BCUT2D eigenvalue weighted by Gasteiger charge is -2.26. The number of nitrogens with one attached hydrogen (secondary N) is 1. The molecule has 1 saturated heterocycles. The summed E-state index contributed by atoms with van der Waals surface area (Å²) in [5.74, 6) is 1.96. The molecule has 1 fully saturated rings. The lowest BCUT2D eigenvalue weighted by atomic mass is 9.93. The highest BCUT2D eigenvalue weighted by molar-refractivity contribution is 9.10. The fourth-order valence-corrected chi connectivity index (χ4v) is 3.67. The molecule has 1 aromatic rings. The van der Waals surface area contributed by atoms with Crippen LogP contribution in [-0.4, -0.2) is 32.1 Å². The van der Waals surface area contributed by atoms with E-state index in [0.717, 1.165) is 29.4 Å². The van der Waals surface area contributed by atoms with Crippen molar-refractivity contribution in [1.82, 2.24) is 5.32 Å². The van der Waals surface area contributed by atoms with E-state index in [9.17, 15) is 0 Å². The summed E-state index contributed by atoms with van der Waals surface area (Å²) in [6, 6.07) is 9.16. The van der Waals surface area contributed by atoms with Crippen LogP contribution < -0.4 is 5.32 Å². The quantitative estimate of drug-likeness (QED) is 0.790. The van der Waals surface area contributed by atoms with Gasteiger partial charge in [0.15, 0.2) is 0 Å². The molecule has 1 N–H and O–H groups in total. The van der Waals surface area contributed by atoms with Crippen molar-refractivity contribution in [2.75, 3.05) is 26.0 Å². The van der Waals surface area contributed by atoms with Gasteiger partial charge in [0.1, 0.15) is 0 Å². The minimum Gasteiger partial charge on any atom is -0.381 e. The summed E-state index contributed by atoms with van der Waals surface area (Å²) in [6.07, 6.45) is 3.71. The van der Waals surface area contributed by atoms with Crippen molar-refractivity contribution >= 4 is 27.7 Å². The maximum Gasteiger partial charge on any atom is 0.0468 e. The number of rotatable bonds is 6. The lowest BCUT2D eigenvalue weighted by Crippen LogP contribution is -2.32. The van der Waals surface area contributed by atoms with E-state index >= 15 is 0 Å². The van der Waals surface area contributed by atoms with Crippen LogP contribution >= 0.6 is 27.7 Å². The molecule has 19 heavy (non-hydrogen) atoms. The van der Waals surface area contributed by atoms with Crippen LogP contribution in [-0.2, 0) is 4.74 Å². The van der Waals surface area contributed by atoms with Gasteiger partial charge in [-0.25, -0.2) is 0 Å². The summed E-state index contributed by atoms with van der Waals surface area (Å²) in [6.45, 7) is 1.89. The van der Waals surface area contributed by atoms with Gasteiger partial charge in [-0.1, -0.05) is 15.9 Å². The fourth-order valence-electron chi connectivity index (χ4n) is 2.38. The zero-order chi connectivity index (χ0) is 13.5. The van der Waals surface area contributed by atoms with Crippen LogP contribution in [0.2, 0.25) is 0 Å². The van der Waals surface area contributed by atoms with E-state index in [0.29, 0.717) is 6.04 Å². The first-order valence-electron chi connectivity index (χ1n) is 6.91. The number of hydrogen-bond donors (Lipinski definition) is 1. The van der Waals surface area contributed by atoms with Crippen LogP contribution in [0.1, 0.15) is 19.3 Å². The Morgan fingerprint density at radius 1 is 1.32 bits per heavy atom. The Balaban J connectivity index is 1.76. The lowest BCUT2D eigenvalue weighted by molar-refractivity contribution is 0.0616. The van der Waals surface area contributed by atoms with Crippen LogP contribution in [0.5, 0.6) is 0 Å². The third-order valence-electron chi connectivity index (χ3n) is 3.63. The van der Waals surface area contributed by atoms with Gasteiger partial charge in [-0.05, 0) is 56.5 Å². The molecule has 4 heteroatoms. The zero-order valence-electron chi connectivity index (χ0n) is 11.4. The minimum absolute atomic E-state index is 0.594. The molecule has 0 amide bonds. The van der Waals surface area contributed by atoms with Crippen molar-refractivity contribution in [2.24, 2.45) is 5.92 Å². The minimum atomic E-state index is 0.594. The molecule has 1 aromatic carbocycles. The Kier molecular flexibility index (Phi) is 6.71. The van der Waals surface area contributed by atoms with Gasteiger partial charge >= 0.3 is 0 Å². The van der Waals surface area contributed by atoms with E-state index in [2.05, 4.69) is 52.6 Å². The molecule has 1 unspecified atom stereocenters. The molecule has 0 spiro atoms. The summed E-state index contributed by atoms with van der Waals surface area (Å²) < 4.78 is 6.57. The third-order valence-corrected chi connectivity index (χ3v) is 5.33. The molecule has 106 valence electrons. The first-order chi connectivity index (χ1) is 9.28. The monoisotopic (exact) mass is 343 g/mol. The molecule has 0 aliphatic carbocycles. The van der Waals surface area contributed by atoms with E-state index in [1.807, 2.05) is 11.8 Å². The third kappa shape index (κ3) is 5.46. The van der Waals surface area contributed by atoms with E-state index < -0.39 is 0 Å². The fraction of sp³-hybridized carbons (Fsp3) is 0.600. The predicted octanol–water partition coefficient (Wildman–Crippen LogP) is 3.95. The van der Waals surface area contributed by atoms with Gasteiger partial charge in [0.05, 0.1) is 0 Å². The molecule has 0 aromatic heterocycles. The smallest absolute Gasteiger partial charge is 0.0468 e. The van der Waals surface area contributed by atoms with Crippen LogP contribution in [0, 0.1) is 5.92 Å². The largest absolute Gasteiger partial charge is 0.381 e. The molecular formula is C15H22BrNOS. The van der Waals surface area contributed by atoms with Crippen LogP contribution in [0.4, 0.5) is 0 Å². The van der Waals surface area contributed by atoms with E-state index in [-0.39, 0.29) is 0 Å². The van der Waals surface area contributed by atoms with Crippen molar-refractivity contribution in [3.8, 4) is 0 Å². The van der Waals surface area contributed by atoms with Crippen LogP contribution in [0.15, 0.2) is 33.6 Å². The van der Waals surface area contributed by atoms with Gasteiger partial charge in [0, 0.05) is 34.4 Å². The van der Waals surface area contributed by atoms with E-state index in [1.165, 1.54) is 24.2 Å². The second-order valence-corrected chi connectivity index (χ2v) is 7.05. The number of benzene rings is 1. The average molecular weight is 344 g/mol. The van der Waals surface area contributed by atoms with E-state index in [1.54, 1.807) is 0 Å². The molecule has 0 saturated carbocycles. The van der Waals surface area contributed by atoms with Gasteiger partial charge in [-0.2, -0.15) is 0 Å². The highest BCUT2D eigenvalue weighted by Gasteiger charge is 2.18. The Bertz CT molecular complexity index is 365. The molecule has 2 nitrogen and oxygen atoms in total. The summed E-state index contributed by atoms with van der Waals surface area (Å²) in [7, 11) is 2.08. The Morgan fingerprint density at radius 2 is 2.00 bits per heavy atom. The summed E-state index contributed by atoms with van der Waals surface area (Å²) in [4.78, 5) is 1.34. The van der Waals surface area contributed by atoms with Gasteiger partial charge in [-0.15, -0.1) is 11.8 Å². The number of hydrogen-bond acceptors (Lipinski definition) is 3. The van der Waals surface area contributed by atoms with Crippen molar-refractivity contribution in [2.45, 2.75) is 30.2 Å². The SMILES string of the molecule is CNC(CSc1ccc(Br)cc1)CC1CCOCC1. The Hall–Kier alpha value is -0.0300. The van der Waals surface area contributed by atoms with Crippen molar-refractivity contribution < 1.29 is 4.74 Å². The maximum absolute atomic E-state index is 5.43. The molecule has 1 aliphatic heterocycles. The predicted molar refractivity (Wildman–Crippen MR) is 85.9 cm³/mol. The number of halogens is 1. The van der Waals surface area contributed by atoms with Gasteiger partial charge in [0.25, 0.3) is 0 Å². The summed E-state index contributed by atoms with van der Waals surface area (Å²) >= 11 is 5.41. The maximum atomic E-state index is 5.43. The second kappa shape index (κ2) is 8.30. The second-order valence-electron chi connectivity index (χ2n) is 5.04. The normalized spacial score (nSPS) is 18.4. The number of thioether (sulfide) groups is 1. The number of ether oxygens (including phenoxy) is 1. The average Bonchev–Trinajstić information content (AvgIpc) is 2.46. The molecule has 1 heterocycles. The molecule has 1 aliphatic rings. The van der Waals surface area contributed by atoms with Crippen LogP contribution in [0.3, 0.4) is 0 Å². The van der Waals surface area contributed by atoms with Crippen LogP contribution in [0.25, 0.3) is 0 Å². The van der Waals surface area contributed by atoms with Gasteiger partial charge in [0.2, 0.25) is 0 Å². The first kappa shape index (κ1) is 15.4. The van der Waals surface area contributed by atoms with Crippen molar-refractivity contribution in [3.63, 3.8) is 0 Å². The van der Waals surface area contributed by atoms with Crippen molar-refractivity contribution in [1.29, 1.82) is 0 Å². The summed E-state index contributed by atoms with van der Waals surface area (Å²) in [5.41, 5.74) is 0. The highest BCUT2D eigenvalue weighted by atomic mass is 79.9. The van der Waals surface area contributed by atoms with Crippen molar-refractivity contribution in [3.05, 3.63) is 28.7 Å². The molecule has 1 atom stereocenters. The molecule has 0 radical (unpaired) electrons. The summed E-state index contributed by atoms with van der Waals surface area (Å²) in [5, 5.41) is 3.46. The molecule has 0 bridgehead atoms. The topological polar surface area (TPSA) is 21.3 Å². The van der Waals surface area contributed by atoms with E-state index in [4.69, 9.17) is 4.74 Å². The zero-order valence-corrected chi connectivity index (χ0v) is 13.8. The molecule has 2 rings (SSSR count). The Labute approximate surface area is 128 Å². The van der Waals surface area contributed by atoms with Gasteiger partial charge in [-0.3, -0.25) is 0 Å². The molecular weight excluding hydrogens is 322 g/mol. The highest BCUT2D eigenvalue weighted by Crippen LogP contribution is 2.25. The Morgan fingerprint density at radius 3 is 2.63 bits per heavy atom. The van der Waals surface area contributed by atoms with Gasteiger partial charge < -0.3 is 10.1 Å². The standard InChI is InChI=1S/C15H22BrNOS/c1-17-14(10-12-6-8-18-9-7-12)11-19-15-4-2-13(16)3-5-15/h2-5,12,14,17H,6-11H2,1H3. The first-order valence-corrected chi connectivity index (χ1v) is 8.69.